The number of carboxylic acids is 1. The molecule has 0 radical (unpaired) electrons. The highest BCUT2D eigenvalue weighted by molar-refractivity contribution is 5.66. The van der Waals surface area contributed by atoms with E-state index >= 15 is 0 Å². The summed E-state index contributed by atoms with van der Waals surface area (Å²) in [6.45, 7) is 13.9. The van der Waals surface area contributed by atoms with E-state index < -0.39 is 11.9 Å². The molecule has 0 spiro atoms. The lowest BCUT2D eigenvalue weighted by atomic mass is 10.0. The monoisotopic (exact) mass is 345 g/mol. The average molecular weight is 345 g/mol. The first-order valence-electron chi connectivity index (χ1n) is 9.12. The van der Waals surface area contributed by atoms with Crippen molar-refractivity contribution in [3.05, 3.63) is 35.4 Å². The Morgan fingerprint density at radius 2 is 1.36 bits per heavy atom. The highest BCUT2D eigenvalue weighted by atomic mass is 16.4. The summed E-state index contributed by atoms with van der Waals surface area (Å²) in [4.78, 5) is 21.0. The molecule has 0 aromatic carbocycles. The Hall–Kier alpha value is -2.11. The van der Waals surface area contributed by atoms with Gasteiger partial charge >= 0.3 is 0 Å². The number of imidazole rings is 2. The van der Waals surface area contributed by atoms with Crippen LogP contribution in [0.5, 0.6) is 0 Å². The normalized spacial score (nSPS) is 11.9. The molecule has 2 heterocycles. The van der Waals surface area contributed by atoms with Crippen LogP contribution in [0.3, 0.4) is 0 Å². The van der Waals surface area contributed by atoms with Gasteiger partial charge in [-0.2, -0.15) is 0 Å². The van der Waals surface area contributed by atoms with Gasteiger partial charge < -0.3 is 19.0 Å². The summed E-state index contributed by atoms with van der Waals surface area (Å²) in [5, 5.41) is 11.5. The zero-order valence-corrected chi connectivity index (χ0v) is 16.1. The Bertz CT molecular complexity index is 674. The lowest BCUT2D eigenvalue weighted by molar-refractivity contribution is -0.306. The maximum Gasteiger partial charge on any atom is 0.120 e. The molecule has 6 heteroatoms. The molecule has 2 rings (SSSR count). The Morgan fingerprint density at radius 3 is 1.64 bits per heavy atom. The van der Waals surface area contributed by atoms with Crippen LogP contribution in [0.25, 0.3) is 0 Å². The van der Waals surface area contributed by atoms with Gasteiger partial charge in [-0.05, 0) is 25.7 Å². The van der Waals surface area contributed by atoms with Crippen LogP contribution in [0.2, 0.25) is 0 Å². The molecular weight excluding hydrogens is 316 g/mol. The largest absolute Gasteiger partial charge is 0.550 e. The molecule has 0 aliphatic heterocycles. The minimum absolute atomic E-state index is 0.122. The van der Waals surface area contributed by atoms with Crippen molar-refractivity contribution in [2.24, 2.45) is 0 Å². The first kappa shape index (κ1) is 19.2. The predicted octanol–water partition coefficient (Wildman–Crippen LogP) is 2.64. The minimum Gasteiger partial charge on any atom is -0.550 e. The molecule has 0 saturated carbocycles. The fraction of sp³-hybridized carbons (Fsp3) is 0.632. The Morgan fingerprint density at radius 1 is 0.960 bits per heavy atom. The van der Waals surface area contributed by atoms with E-state index in [4.69, 9.17) is 9.97 Å². The van der Waals surface area contributed by atoms with E-state index in [1.54, 1.807) is 0 Å². The van der Waals surface area contributed by atoms with Gasteiger partial charge in [0, 0.05) is 37.9 Å². The number of hydrogen-bond acceptors (Lipinski definition) is 4. The van der Waals surface area contributed by atoms with E-state index in [1.807, 2.05) is 35.4 Å². The zero-order valence-electron chi connectivity index (χ0n) is 16.1. The second-order valence-electron chi connectivity index (χ2n) is 7.06. The fourth-order valence-corrected chi connectivity index (χ4v) is 2.99. The summed E-state index contributed by atoms with van der Waals surface area (Å²) < 4.78 is 4.07. The van der Waals surface area contributed by atoms with Crippen molar-refractivity contribution in [3.8, 4) is 0 Å². The van der Waals surface area contributed by atoms with Crippen LogP contribution in [0.15, 0.2) is 12.4 Å². The fourth-order valence-electron chi connectivity index (χ4n) is 2.99. The van der Waals surface area contributed by atoms with Gasteiger partial charge in [0.1, 0.15) is 11.6 Å². The maximum absolute atomic E-state index is 11.5. The Balaban J connectivity index is 2.59. The van der Waals surface area contributed by atoms with Crippen LogP contribution in [-0.4, -0.2) is 25.1 Å². The topological polar surface area (TPSA) is 75.8 Å². The maximum atomic E-state index is 11.5. The number of nitrogens with zero attached hydrogens (tertiary/aromatic N) is 4. The number of carbonyl (C=O) groups is 1. The minimum atomic E-state index is -1.08. The molecule has 25 heavy (non-hydrogen) atoms. The molecule has 6 nitrogen and oxygen atoms in total. The van der Waals surface area contributed by atoms with Gasteiger partial charge in [0.05, 0.1) is 17.3 Å². The first-order valence-corrected chi connectivity index (χ1v) is 9.12. The highest BCUT2D eigenvalue weighted by Gasteiger charge is 2.26. The number of carboxylic acid groups (broad SMARTS) is 1. The summed E-state index contributed by atoms with van der Waals surface area (Å²) in [7, 11) is 0. The highest BCUT2D eigenvalue weighted by Crippen LogP contribution is 2.30. The van der Waals surface area contributed by atoms with Crippen LogP contribution in [0, 0.1) is 0 Å². The lowest BCUT2D eigenvalue weighted by Gasteiger charge is -2.19. The van der Waals surface area contributed by atoms with E-state index in [0.29, 0.717) is 0 Å². The summed E-state index contributed by atoms with van der Waals surface area (Å²) in [6.07, 6.45) is 3.92. The molecule has 0 amide bonds. The molecule has 0 aliphatic rings. The van der Waals surface area contributed by atoms with Crippen molar-refractivity contribution >= 4 is 5.97 Å². The van der Waals surface area contributed by atoms with E-state index in [0.717, 1.165) is 36.1 Å². The van der Waals surface area contributed by atoms with Crippen molar-refractivity contribution in [1.82, 2.24) is 19.1 Å². The number of carbonyl (C=O) groups excluding carboxylic acids is 1. The average Bonchev–Trinajstić information content (AvgIpc) is 3.16. The summed E-state index contributed by atoms with van der Waals surface area (Å²) in [6, 6.07) is 0. The lowest BCUT2D eigenvalue weighted by Crippen LogP contribution is -2.27. The first-order chi connectivity index (χ1) is 11.8. The van der Waals surface area contributed by atoms with Gasteiger partial charge in [-0.25, -0.2) is 9.97 Å². The molecule has 0 bridgehead atoms. The molecule has 0 aliphatic carbocycles. The molecule has 2 aromatic heterocycles. The predicted molar refractivity (Wildman–Crippen MR) is 95.4 cm³/mol. The molecule has 0 fully saturated rings. The summed E-state index contributed by atoms with van der Waals surface area (Å²) in [5.41, 5.74) is 1.94. The summed E-state index contributed by atoms with van der Waals surface area (Å²) >= 11 is 0. The second-order valence-corrected chi connectivity index (χ2v) is 7.06. The molecule has 138 valence electrons. The van der Waals surface area contributed by atoms with Crippen LogP contribution in [0.1, 0.15) is 88.8 Å². The number of aliphatic carboxylic acids is 1. The Labute approximate surface area is 149 Å². The van der Waals surface area contributed by atoms with Crippen LogP contribution < -0.4 is 5.11 Å². The third-order valence-electron chi connectivity index (χ3n) is 4.51. The van der Waals surface area contributed by atoms with Gasteiger partial charge in [0.25, 0.3) is 0 Å². The van der Waals surface area contributed by atoms with E-state index in [2.05, 4.69) is 27.7 Å². The standard InChI is InChI=1S/C19H30N4O2/c1-7-22-10-15(12(3)4)20-18(22)14(9-17(24)25)19-21-16(13(5)6)11-23(19)8-2/h10-14H,7-9H2,1-6H3,(H,24,25)/p-1. The molecule has 2 aromatic rings. The summed E-state index contributed by atoms with van der Waals surface area (Å²) in [5.74, 6) is 0.583. The molecule has 0 unspecified atom stereocenters. The quantitative estimate of drug-likeness (QED) is 0.737. The second kappa shape index (κ2) is 7.85. The number of aryl methyl sites for hydroxylation is 2. The third kappa shape index (κ3) is 4.11. The third-order valence-corrected chi connectivity index (χ3v) is 4.51. The SMILES string of the molecule is CCn1cc(C(C)C)nc1C(CC(=O)[O-])c1nc(C(C)C)cn1CC. The molecule has 0 saturated heterocycles. The smallest absolute Gasteiger partial charge is 0.120 e. The van der Waals surface area contributed by atoms with Gasteiger partial charge in [0.15, 0.2) is 0 Å². The van der Waals surface area contributed by atoms with Crippen molar-refractivity contribution in [2.45, 2.75) is 78.8 Å². The van der Waals surface area contributed by atoms with Gasteiger partial charge in [-0.3, -0.25) is 0 Å². The van der Waals surface area contributed by atoms with Crippen molar-refractivity contribution < 1.29 is 9.90 Å². The zero-order chi connectivity index (χ0) is 18.7. The van der Waals surface area contributed by atoms with Crippen LogP contribution in [0.4, 0.5) is 0 Å². The van der Waals surface area contributed by atoms with Crippen molar-refractivity contribution in [2.75, 3.05) is 0 Å². The van der Waals surface area contributed by atoms with E-state index in [1.165, 1.54) is 0 Å². The number of aromatic nitrogens is 4. The molecular formula is C19H29N4O2-. The van der Waals surface area contributed by atoms with E-state index in [9.17, 15) is 9.90 Å². The molecule has 0 atom stereocenters. The van der Waals surface area contributed by atoms with Crippen LogP contribution >= 0.6 is 0 Å². The molecule has 0 N–H and O–H groups in total. The number of rotatable bonds is 8. The van der Waals surface area contributed by atoms with Crippen molar-refractivity contribution in [3.63, 3.8) is 0 Å². The number of hydrogen-bond donors (Lipinski definition) is 0. The van der Waals surface area contributed by atoms with Crippen LogP contribution in [-0.2, 0) is 17.9 Å². The van der Waals surface area contributed by atoms with Crippen molar-refractivity contribution in [1.29, 1.82) is 0 Å². The van der Waals surface area contributed by atoms with Gasteiger partial charge in [-0.1, -0.05) is 27.7 Å². The Kier molecular flexibility index (Phi) is 6.03. The van der Waals surface area contributed by atoms with Gasteiger partial charge in [0.2, 0.25) is 0 Å². The van der Waals surface area contributed by atoms with Gasteiger partial charge in [-0.15, -0.1) is 0 Å². The van der Waals surface area contributed by atoms with E-state index in [-0.39, 0.29) is 18.3 Å².